The summed E-state index contributed by atoms with van der Waals surface area (Å²) in [6.45, 7) is 0. The Kier molecular flexibility index (Phi) is 3.98. The van der Waals surface area contributed by atoms with Crippen LogP contribution in [0.1, 0.15) is 10.5 Å². The van der Waals surface area contributed by atoms with Crippen molar-refractivity contribution in [2.24, 2.45) is 0 Å². The molecule has 3 aromatic rings. The van der Waals surface area contributed by atoms with Crippen molar-refractivity contribution >= 4 is 5.97 Å². The second kappa shape index (κ2) is 6.25. The van der Waals surface area contributed by atoms with Crippen LogP contribution in [0, 0.1) is 0 Å². The van der Waals surface area contributed by atoms with Crippen molar-refractivity contribution in [1.82, 2.24) is 9.97 Å². The number of nitrogens with one attached hydrogen (secondary N) is 1. The Labute approximate surface area is 135 Å². The van der Waals surface area contributed by atoms with E-state index in [9.17, 15) is 14.7 Å². The van der Waals surface area contributed by atoms with Crippen LogP contribution < -0.4 is 10.3 Å². The van der Waals surface area contributed by atoms with Crippen LogP contribution in [0.3, 0.4) is 0 Å². The van der Waals surface area contributed by atoms with Gasteiger partial charge in [0.2, 0.25) is 0 Å². The van der Waals surface area contributed by atoms with Gasteiger partial charge in [-0.05, 0) is 48.5 Å². The Morgan fingerprint density at radius 1 is 1.00 bits per heavy atom. The van der Waals surface area contributed by atoms with Crippen LogP contribution in [0.25, 0.3) is 11.4 Å². The fourth-order valence-electron chi connectivity index (χ4n) is 2.04. The zero-order valence-corrected chi connectivity index (χ0v) is 12.3. The molecule has 7 heteroatoms. The first-order chi connectivity index (χ1) is 11.5. The average molecular weight is 324 g/mol. The molecule has 3 N–H and O–H groups in total. The number of phenolic OH excluding ortho intramolecular Hbond substituents is 1. The summed E-state index contributed by atoms with van der Waals surface area (Å²) in [7, 11) is 0. The number of hydrogen-bond acceptors (Lipinski definition) is 5. The average Bonchev–Trinajstić information content (AvgIpc) is 2.57. The van der Waals surface area contributed by atoms with Crippen LogP contribution in [0.2, 0.25) is 0 Å². The normalized spacial score (nSPS) is 10.3. The van der Waals surface area contributed by atoms with E-state index in [-0.39, 0.29) is 17.3 Å². The molecule has 7 nitrogen and oxygen atoms in total. The van der Waals surface area contributed by atoms with Gasteiger partial charge >= 0.3 is 5.97 Å². The zero-order valence-electron chi connectivity index (χ0n) is 12.3. The van der Waals surface area contributed by atoms with Crippen LogP contribution in [0.15, 0.2) is 59.4 Å². The number of aromatic carboxylic acids is 1. The first kappa shape index (κ1) is 15.3. The summed E-state index contributed by atoms with van der Waals surface area (Å²) in [5, 5.41) is 18.2. The van der Waals surface area contributed by atoms with Crippen LogP contribution in [-0.2, 0) is 0 Å². The molecule has 0 aliphatic carbocycles. The number of rotatable bonds is 4. The smallest absolute Gasteiger partial charge is 0.354 e. The van der Waals surface area contributed by atoms with E-state index in [2.05, 4.69) is 9.97 Å². The van der Waals surface area contributed by atoms with Gasteiger partial charge < -0.3 is 19.9 Å². The second-order valence-corrected chi connectivity index (χ2v) is 4.90. The minimum absolute atomic E-state index is 0.144. The van der Waals surface area contributed by atoms with E-state index in [1.165, 1.54) is 12.1 Å². The van der Waals surface area contributed by atoms with Crippen LogP contribution >= 0.6 is 0 Å². The van der Waals surface area contributed by atoms with Gasteiger partial charge in [-0.15, -0.1) is 0 Å². The molecule has 0 spiro atoms. The Morgan fingerprint density at radius 2 is 1.58 bits per heavy atom. The Hall–Kier alpha value is -3.61. The lowest BCUT2D eigenvalue weighted by atomic mass is 10.2. The molecule has 0 bridgehead atoms. The van der Waals surface area contributed by atoms with Gasteiger partial charge in [-0.1, -0.05) is 0 Å². The maximum absolute atomic E-state index is 11.5. The Balaban J connectivity index is 1.85. The van der Waals surface area contributed by atoms with Crippen molar-refractivity contribution in [3.63, 3.8) is 0 Å². The second-order valence-electron chi connectivity index (χ2n) is 4.90. The van der Waals surface area contributed by atoms with Gasteiger partial charge in [0.25, 0.3) is 5.56 Å². The molecular weight excluding hydrogens is 312 g/mol. The molecule has 1 aromatic heterocycles. The van der Waals surface area contributed by atoms with Gasteiger partial charge in [-0.3, -0.25) is 4.79 Å². The number of benzene rings is 2. The number of H-pyrrole nitrogens is 1. The summed E-state index contributed by atoms with van der Waals surface area (Å²) in [4.78, 5) is 28.9. The molecular formula is C17H12N2O5. The number of ether oxygens (including phenoxy) is 1. The monoisotopic (exact) mass is 324 g/mol. The number of aromatic amines is 1. The molecule has 0 amide bonds. The number of aromatic hydroxyl groups is 1. The van der Waals surface area contributed by atoms with E-state index < -0.39 is 11.5 Å². The summed E-state index contributed by atoms with van der Waals surface area (Å²) in [6.07, 6.45) is 0. The third kappa shape index (κ3) is 3.41. The Morgan fingerprint density at radius 3 is 2.17 bits per heavy atom. The lowest BCUT2D eigenvalue weighted by Crippen LogP contribution is -2.13. The fraction of sp³-hybridized carbons (Fsp3) is 0. The zero-order chi connectivity index (χ0) is 17.1. The lowest BCUT2D eigenvalue weighted by Gasteiger charge is -2.07. The fourth-order valence-corrected chi connectivity index (χ4v) is 2.04. The Bertz CT molecular complexity index is 930. The third-order valence-corrected chi connectivity index (χ3v) is 3.16. The maximum Gasteiger partial charge on any atom is 0.354 e. The number of carboxylic acid groups (broad SMARTS) is 1. The number of carboxylic acids is 1. The highest BCUT2D eigenvalue weighted by Crippen LogP contribution is 2.25. The van der Waals surface area contributed by atoms with Crippen LogP contribution in [0.5, 0.6) is 17.2 Å². The van der Waals surface area contributed by atoms with E-state index in [0.717, 1.165) is 6.07 Å². The molecule has 0 radical (unpaired) electrons. The quantitative estimate of drug-likeness (QED) is 0.680. The van der Waals surface area contributed by atoms with Gasteiger partial charge in [-0.2, -0.15) is 0 Å². The van der Waals surface area contributed by atoms with Gasteiger partial charge in [0.05, 0.1) is 0 Å². The highest BCUT2D eigenvalue weighted by Gasteiger charge is 2.09. The van der Waals surface area contributed by atoms with E-state index >= 15 is 0 Å². The molecule has 24 heavy (non-hydrogen) atoms. The molecule has 0 aliphatic heterocycles. The van der Waals surface area contributed by atoms with Gasteiger partial charge in [0, 0.05) is 11.6 Å². The summed E-state index contributed by atoms with van der Waals surface area (Å²) in [5.41, 5.74) is -0.312. The van der Waals surface area contributed by atoms with Gasteiger partial charge in [-0.25, -0.2) is 9.78 Å². The molecule has 0 saturated heterocycles. The minimum atomic E-state index is -1.27. The summed E-state index contributed by atoms with van der Waals surface area (Å²) >= 11 is 0. The van der Waals surface area contributed by atoms with Crippen molar-refractivity contribution in [2.75, 3.05) is 0 Å². The van der Waals surface area contributed by atoms with E-state index in [1.54, 1.807) is 36.4 Å². The highest BCUT2D eigenvalue weighted by atomic mass is 16.5. The molecule has 1 heterocycles. The topological polar surface area (TPSA) is 113 Å². The largest absolute Gasteiger partial charge is 0.508 e. The SMILES string of the molecule is O=C(O)c1cc(=O)[nH]c(-c2ccc(Oc3ccc(O)cc3)cc2)n1. The van der Waals surface area contributed by atoms with Crippen LogP contribution in [-0.4, -0.2) is 26.2 Å². The summed E-state index contributed by atoms with van der Waals surface area (Å²) in [5.74, 6) is 0.137. The van der Waals surface area contributed by atoms with Crippen molar-refractivity contribution in [2.45, 2.75) is 0 Å². The number of aromatic nitrogens is 2. The van der Waals surface area contributed by atoms with Gasteiger partial charge in [0.1, 0.15) is 23.1 Å². The number of carbonyl (C=O) groups is 1. The first-order valence-corrected chi connectivity index (χ1v) is 6.93. The number of phenols is 1. The molecule has 0 atom stereocenters. The predicted molar refractivity (Wildman–Crippen MR) is 85.4 cm³/mol. The summed E-state index contributed by atoms with van der Waals surface area (Å²) in [6, 6.07) is 13.8. The van der Waals surface area contributed by atoms with Crippen molar-refractivity contribution < 1.29 is 19.7 Å². The molecule has 0 aliphatic rings. The number of hydrogen-bond donors (Lipinski definition) is 3. The number of nitrogens with zero attached hydrogens (tertiary/aromatic N) is 1. The van der Waals surface area contributed by atoms with Crippen molar-refractivity contribution in [3.05, 3.63) is 70.6 Å². The maximum atomic E-state index is 11.5. The first-order valence-electron chi connectivity index (χ1n) is 6.93. The third-order valence-electron chi connectivity index (χ3n) is 3.16. The standard InChI is InChI=1S/C17H12N2O5/c20-11-3-7-13(8-4-11)24-12-5-1-10(2-6-12)16-18-14(17(22)23)9-15(21)19-16/h1-9,20H,(H,22,23)(H,18,19,21). The molecule has 3 rings (SSSR count). The van der Waals surface area contributed by atoms with E-state index in [0.29, 0.717) is 17.1 Å². The molecule has 0 fully saturated rings. The highest BCUT2D eigenvalue weighted by molar-refractivity contribution is 5.85. The van der Waals surface area contributed by atoms with Crippen molar-refractivity contribution in [3.8, 4) is 28.6 Å². The molecule has 120 valence electrons. The predicted octanol–water partition coefficient (Wildman–Crippen LogP) is 2.63. The molecule has 0 unspecified atom stereocenters. The minimum Gasteiger partial charge on any atom is -0.508 e. The van der Waals surface area contributed by atoms with E-state index in [1.807, 2.05) is 0 Å². The van der Waals surface area contributed by atoms with Crippen LogP contribution in [0.4, 0.5) is 0 Å². The molecule has 2 aromatic carbocycles. The molecule has 0 saturated carbocycles. The van der Waals surface area contributed by atoms with Crippen molar-refractivity contribution in [1.29, 1.82) is 0 Å². The summed E-state index contributed by atoms with van der Waals surface area (Å²) < 4.78 is 5.61. The lowest BCUT2D eigenvalue weighted by molar-refractivity contribution is 0.0690. The van der Waals surface area contributed by atoms with E-state index in [4.69, 9.17) is 9.84 Å². The van der Waals surface area contributed by atoms with Gasteiger partial charge in [0.15, 0.2) is 5.69 Å².